The van der Waals surface area contributed by atoms with Gasteiger partial charge in [0.1, 0.15) is 0 Å². The number of carboxylic acids is 1. The predicted molar refractivity (Wildman–Crippen MR) is 74.2 cm³/mol. The zero-order chi connectivity index (χ0) is 14.0. The molecule has 5 nitrogen and oxygen atoms in total. The van der Waals surface area contributed by atoms with Crippen molar-refractivity contribution >= 4 is 21.9 Å². The Morgan fingerprint density at radius 1 is 1.53 bits per heavy atom. The van der Waals surface area contributed by atoms with Crippen molar-refractivity contribution in [2.45, 2.75) is 39.7 Å². The fourth-order valence-corrected chi connectivity index (χ4v) is 3.01. The average molecular weight is 331 g/mol. The van der Waals surface area contributed by atoms with E-state index in [1.54, 1.807) is 0 Å². The van der Waals surface area contributed by atoms with Crippen molar-refractivity contribution in [3.8, 4) is 0 Å². The van der Waals surface area contributed by atoms with Gasteiger partial charge in [-0.05, 0) is 42.6 Å². The van der Waals surface area contributed by atoms with E-state index < -0.39 is 11.4 Å². The molecule has 0 spiro atoms. The molecule has 2 rings (SSSR count). The molecule has 1 aliphatic heterocycles. The lowest BCUT2D eigenvalue weighted by Gasteiger charge is -2.33. The number of aryl methyl sites for hydroxylation is 2. The Hall–Kier alpha value is -0.880. The number of carboxylic acid groups (broad SMARTS) is 1. The van der Waals surface area contributed by atoms with Gasteiger partial charge in [-0.1, -0.05) is 0 Å². The third kappa shape index (κ3) is 2.69. The van der Waals surface area contributed by atoms with Crippen molar-refractivity contribution in [2.75, 3.05) is 13.2 Å². The number of aromatic nitrogens is 2. The number of aliphatic carboxylic acids is 1. The molecule has 1 aromatic rings. The van der Waals surface area contributed by atoms with E-state index in [2.05, 4.69) is 21.0 Å². The lowest BCUT2D eigenvalue weighted by molar-refractivity contribution is -0.154. The first-order chi connectivity index (χ1) is 9.00. The largest absolute Gasteiger partial charge is 0.481 e. The third-order valence-electron chi connectivity index (χ3n) is 3.86. The number of hydrogen-bond acceptors (Lipinski definition) is 3. The summed E-state index contributed by atoms with van der Waals surface area (Å²) in [6.07, 6.45) is 1.62. The van der Waals surface area contributed by atoms with Gasteiger partial charge < -0.3 is 9.84 Å². The van der Waals surface area contributed by atoms with E-state index in [9.17, 15) is 9.90 Å². The normalized spacial score (nSPS) is 18.5. The first-order valence-electron chi connectivity index (χ1n) is 6.53. The summed E-state index contributed by atoms with van der Waals surface area (Å²) in [4.78, 5) is 11.7. The molecular formula is C13H19BrN2O3. The van der Waals surface area contributed by atoms with E-state index in [1.165, 1.54) is 0 Å². The fourth-order valence-electron chi connectivity index (χ4n) is 2.59. The maximum absolute atomic E-state index is 11.7. The maximum atomic E-state index is 11.7. The minimum atomic E-state index is -0.732. The number of nitrogens with zero attached hydrogens (tertiary/aromatic N) is 2. The Morgan fingerprint density at radius 2 is 2.16 bits per heavy atom. The average Bonchev–Trinajstić information content (AvgIpc) is 2.67. The van der Waals surface area contributed by atoms with Crippen molar-refractivity contribution in [2.24, 2.45) is 5.41 Å². The van der Waals surface area contributed by atoms with Crippen molar-refractivity contribution in [3.05, 3.63) is 15.9 Å². The van der Waals surface area contributed by atoms with E-state index in [1.807, 2.05) is 18.5 Å². The van der Waals surface area contributed by atoms with Gasteiger partial charge in [0.05, 0.1) is 21.3 Å². The maximum Gasteiger partial charge on any atom is 0.310 e. The van der Waals surface area contributed by atoms with Crippen LogP contribution in [-0.4, -0.2) is 34.1 Å². The Labute approximate surface area is 121 Å². The van der Waals surface area contributed by atoms with Crippen LogP contribution in [0, 0.1) is 12.3 Å². The summed E-state index contributed by atoms with van der Waals surface area (Å²) in [5.41, 5.74) is 1.16. The van der Waals surface area contributed by atoms with Crippen molar-refractivity contribution in [3.63, 3.8) is 0 Å². The van der Waals surface area contributed by atoms with Crippen LogP contribution >= 0.6 is 15.9 Å². The topological polar surface area (TPSA) is 64.4 Å². The molecule has 106 valence electrons. The Kier molecular flexibility index (Phi) is 4.30. The van der Waals surface area contributed by atoms with Gasteiger partial charge in [-0.3, -0.25) is 9.48 Å². The van der Waals surface area contributed by atoms with Gasteiger partial charge in [-0.2, -0.15) is 5.10 Å². The molecule has 1 saturated heterocycles. The van der Waals surface area contributed by atoms with Gasteiger partial charge in [-0.15, -0.1) is 0 Å². The van der Waals surface area contributed by atoms with Crippen LogP contribution < -0.4 is 0 Å². The fraction of sp³-hybridized carbons (Fsp3) is 0.692. The molecular weight excluding hydrogens is 312 g/mol. The SMILES string of the molecule is CCn1nc(C)c(Br)c1CC1(C(=O)O)CCOCC1. The predicted octanol–water partition coefficient (Wildman–Crippen LogP) is 2.40. The number of ether oxygens (including phenoxy) is 1. The second kappa shape index (κ2) is 5.63. The summed E-state index contributed by atoms with van der Waals surface area (Å²) in [7, 11) is 0. The molecule has 0 saturated carbocycles. The van der Waals surface area contributed by atoms with Gasteiger partial charge in [0.15, 0.2) is 0 Å². The monoisotopic (exact) mass is 330 g/mol. The summed E-state index contributed by atoms with van der Waals surface area (Å²) >= 11 is 3.53. The van der Waals surface area contributed by atoms with Crippen LogP contribution in [0.4, 0.5) is 0 Å². The first-order valence-corrected chi connectivity index (χ1v) is 7.32. The molecule has 2 heterocycles. The summed E-state index contributed by atoms with van der Waals surface area (Å²) in [6.45, 7) is 5.72. The standard InChI is InChI=1S/C13H19BrN2O3/c1-3-16-10(11(14)9(2)15-16)8-13(12(17)18)4-6-19-7-5-13/h3-8H2,1-2H3,(H,17,18). The molecule has 0 aliphatic carbocycles. The summed E-state index contributed by atoms with van der Waals surface area (Å²) < 4.78 is 8.13. The van der Waals surface area contributed by atoms with Crippen LogP contribution in [0.1, 0.15) is 31.2 Å². The molecule has 0 bridgehead atoms. The highest BCUT2D eigenvalue weighted by Gasteiger charge is 2.41. The van der Waals surface area contributed by atoms with Gasteiger partial charge >= 0.3 is 5.97 Å². The Morgan fingerprint density at radius 3 is 2.68 bits per heavy atom. The first kappa shape index (κ1) is 14.5. The molecule has 1 fully saturated rings. The molecule has 19 heavy (non-hydrogen) atoms. The smallest absolute Gasteiger partial charge is 0.310 e. The van der Waals surface area contributed by atoms with E-state index in [0.29, 0.717) is 32.5 Å². The highest BCUT2D eigenvalue weighted by atomic mass is 79.9. The highest BCUT2D eigenvalue weighted by Crippen LogP contribution is 2.37. The van der Waals surface area contributed by atoms with E-state index in [0.717, 1.165) is 22.4 Å². The molecule has 0 unspecified atom stereocenters. The summed E-state index contributed by atoms with van der Waals surface area (Å²) in [6, 6.07) is 0. The van der Waals surface area contributed by atoms with Crippen LogP contribution in [0.15, 0.2) is 4.47 Å². The molecule has 0 amide bonds. The van der Waals surface area contributed by atoms with Gasteiger partial charge in [0, 0.05) is 26.2 Å². The molecule has 0 atom stereocenters. The van der Waals surface area contributed by atoms with Crippen molar-refractivity contribution in [1.29, 1.82) is 0 Å². The Balaban J connectivity index is 2.34. The lowest BCUT2D eigenvalue weighted by atomic mass is 9.76. The van der Waals surface area contributed by atoms with E-state index >= 15 is 0 Å². The summed E-state index contributed by atoms with van der Waals surface area (Å²) in [5.74, 6) is -0.732. The van der Waals surface area contributed by atoms with Crippen LogP contribution in [-0.2, 0) is 22.5 Å². The van der Waals surface area contributed by atoms with Crippen LogP contribution in [0.5, 0.6) is 0 Å². The number of carbonyl (C=O) groups is 1. The number of halogens is 1. The van der Waals surface area contributed by atoms with Crippen LogP contribution in [0.2, 0.25) is 0 Å². The molecule has 1 aromatic heterocycles. The number of rotatable bonds is 4. The van der Waals surface area contributed by atoms with Crippen LogP contribution in [0.25, 0.3) is 0 Å². The number of hydrogen-bond donors (Lipinski definition) is 1. The van der Waals surface area contributed by atoms with Gasteiger partial charge in [0.25, 0.3) is 0 Å². The molecule has 6 heteroatoms. The van der Waals surface area contributed by atoms with Gasteiger partial charge in [0.2, 0.25) is 0 Å². The highest BCUT2D eigenvalue weighted by molar-refractivity contribution is 9.10. The van der Waals surface area contributed by atoms with Crippen LogP contribution in [0.3, 0.4) is 0 Å². The molecule has 1 N–H and O–H groups in total. The second-order valence-electron chi connectivity index (χ2n) is 5.04. The third-order valence-corrected chi connectivity index (χ3v) is 4.89. The minimum Gasteiger partial charge on any atom is -0.481 e. The van der Waals surface area contributed by atoms with Crippen molar-refractivity contribution < 1.29 is 14.6 Å². The zero-order valence-corrected chi connectivity index (χ0v) is 12.9. The van der Waals surface area contributed by atoms with E-state index in [4.69, 9.17) is 4.74 Å². The second-order valence-corrected chi connectivity index (χ2v) is 5.83. The quantitative estimate of drug-likeness (QED) is 0.920. The minimum absolute atomic E-state index is 0.501. The van der Waals surface area contributed by atoms with Gasteiger partial charge in [-0.25, -0.2) is 0 Å². The molecule has 0 aromatic carbocycles. The summed E-state index contributed by atoms with van der Waals surface area (Å²) in [5, 5.41) is 14.0. The lowest BCUT2D eigenvalue weighted by Crippen LogP contribution is -2.39. The molecule has 0 radical (unpaired) electrons. The van der Waals surface area contributed by atoms with Crippen molar-refractivity contribution in [1.82, 2.24) is 9.78 Å². The van der Waals surface area contributed by atoms with E-state index in [-0.39, 0.29) is 0 Å². The Bertz CT molecular complexity index is 478. The zero-order valence-electron chi connectivity index (χ0n) is 11.3. The molecule has 1 aliphatic rings.